The Bertz CT molecular complexity index is 351. The van der Waals surface area contributed by atoms with E-state index < -0.39 is 0 Å². The van der Waals surface area contributed by atoms with Gasteiger partial charge in [0.05, 0.1) is 0 Å². The number of imide groups is 1. The molecule has 5 heteroatoms. The third-order valence-corrected chi connectivity index (χ3v) is 1.91. The fourth-order valence-electron chi connectivity index (χ4n) is 1.18. The number of nitrogens with zero attached hydrogens (tertiary/aromatic N) is 2. The Balaban J connectivity index is 2.86. The van der Waals surface area contributed by atoms with Crippen LogP contribution in [0.5, 0.6) is 0 Å². The zero-order valence-corrected chi connectivity index (χ0v) is 8.51. The molecule has 0 bridgehead atoms. The average Bonchev–Trinajstić information content (AvgIpc) is 2.26. The summed E-state index contributed by atoms with van der Waals surface area (Å²) in [7, 11) is 0. The van der Waals surface area contributed by atoms with E-state index in [1.807, 2.05) is 0 Å². The van der Waals surface area contributed by atoms with Gasteiger partial charge in [-0.3, -0.25) is 19.5 Å². The van der Waals surface area contributed by atoms with Crippen molar-refractivity contribution < 1.29 is 9.59 Å². The number of hydrogen-bond acceptors (Lipinski definition) is 4. The molecule has 0 unspecified atom stereocenters. The summed E-state index contributed by atoms with van der Waals surface area (Å²) in [5, 5.41) is 0. The molecule has 80 valence electrons. The Morgan fingerprint density at radius 3 is 2.47 bits per heavy atom. The fourth-order valence-corrected chi connectivity index (χ4v) is 1.18. The van der Waals surface area contributed by atoms with Crippen LogP contribution in [0.25, 0.3) is 0 Å². The number of hydrogen-bond donors (Lipinski definition) is 1. The van der Waals surface area contributed by atoms with Gasteiger partial charge in [-0.2, -0.15) is 0 Å². The monoisotopic (exact) mass is 207 g/mol. The molecule has 2 amide bonds. The van der Waals surface area contributed by atoms with Crippen LogP contribution >= 0.6 is 0 Å². The third-order valence-electron chi connectivity index (χ3n) is 1.91. The van der Waals surface area contributed by atoms with Gasteiger partial charge < -0.3 is 5.73 Å². The van der Waals surface area contributed by atoms with E-state index >= 15 is 0 Å². The Hall–Kier alpha value is -1.75. The largest absolute Gasteiger partial charge is 0.329 e. The van der Waals surface area contributed by atoms with Crippen LogP contribution in [0.15, 0.2) is 24.5 Å². The predicted molar refractivity (Wildman–Crippen MR) is 55.0 cm³/mol. The molecule has 1 rings (SSSR count). The van der Waals surface area contributed by atoms with Crippen molar-refractivity contribution in [2.45, 2.75) is 6.92 Å². The Labute approximate surface area is 87.9 Å². The topological polar surface area (TPSA) is 76.3 Å². The molecule has 0 aliphatic rings. The smallest absolute Gasteiger partial charge is 0.260 e. The maximum Gasteiger partial charge on any atom is 0.260 e. The number of carbonyl (C=O) groups is 2. The molecule has 0 aliphatic heterocycles. The Kier molecular flexibility index (Phi) is 3.93. The van der Waals surface area contributed by atoms with Gasteiger partial charge in [0.15, 0.2) is 0 Å². The van der Waals surface area contributed by atoms with E-state index in [1.165, 1.54) is 19.3 Å². The van der Waals surface area contributed by atoms with Crippen molar-refractivity contribution in [3.05, 3.63) is 30.1 Å². The van der Waals surface area contributed by atoms with Gasteiger partial charge in [0.2, 0.25) is 5.91 Å². The summed E-state index contributed by atoms with van der Waals surface area (Å²) in [5.41, 5.74) is 5.76. The molecule has 1 heterocycles. The first kappa shape index (κ1) is 11.3. The van der Waals surface area contributed by atoms with E-state index in [0.29, 0.717) is 5.56 Å². The molecule has 0 saturated heterocycles. The van der Waals surface area contributed by atoms with Crippen molar-refractivity contribution in [3.63, 3.8) is 0 Å². The number of rotatable bonds is 3. The van der Waals surface area contributed by atoms with Crippen LogP contribution in [-0.4, -0.2) is 34.8 Å². The van der Waals surface area contributed by atoms with Crippen molar-refractivity contribution in [1.29, 1.82) is 0 Å². The van der Waals surface area contributed by atoms with Gasteiger partial charge in [-0.1, -0.05) is 0 Å². The Morgan fingerprint density at radius 2 is 2.00 bits per heavy atom. The van der Waals surface area contributed by atoms with Crippen molar-refractivity contribution in [3.8, 4) is 0 Å². The van der Waals surface area contributed by atoms with Gasteiger partial charge in [0, 0.05) is 38.0 Å². The van der Waals surface area contributed by atoms with Crippen molar-refractivity contribution in [2.24, 2.45) is 5.73 Å². The van der Waals surface area contributed by atoms with E-state index in [1.54, 1.807) is 12.1 Å². The van der Waals surface area contributed by atoms with Gasteiger partial charge in [-0.05, 0) is 12.1 Å². The number of pyridine rings is 1. The van der Waals surface area contributed by atoms with Crippen LogP contribution in [0.3, 0.4) is 0 Å². The molecule has 15 heavy (non-hydrogen) atoms. The minimum atomic E-state index is -0.338. The van der Waals surface area contributed by atoms with E-state index in [0.717, 1.165) is 4.90 Å². The van der Waals surface area contributed by atoms with Gasteiger partial charge >= 0.3 is 0 Å². The lowest BCUT2D eigenvalue weighted by Gasteiger charge is -2.17. The number of amides is 2. The highest BCUT2D eigenvalue weighted by Gasteiger charge is 2.18. The van der Waals surface area contributed by atoms with Crippen molar-refractivity contribution in [2.75, 3.05) is 13.1 Å². The molecule has 0 spiro atoms. The second kappa shape index (κ2) is 5.21. The Morgan fingerprint density at radius 1 is 1.40 bits per heavy atom. The van der Waals surface area contributed by atoms with Crippen LogP contribution in [-0.2, 0) is 4.79 Å². The molecule has 0 fully saturated rings. The molecule has 1 aromatic rings. The van der Waals surface area contributed by atoms with Crippen LogP contribution < -0.4 is 5.73 Å². The van der Waals surface area contributed by atoms with Crippen LogP contribution in [0.2, 0.25) is 0 Å². The maximum absolute atomic E-state index is 11.8. The van der Waals surface area contributed by atoms with E-state index in [2.05, 4.69) is 4.98 Å². The zero-order chi connectivity index (χ0) is 11.3. The molecule has 2 N–H and O–H groups in total. The minimum absolute atomic E-state index is 0.233. The highest BCUT2D eigenvalue weighted by atomic mass is 16.2. The number of aromatic nitrogens is 1. The molecular weight excluding hydrogens is 194 g/mol. The lowest BCUT2D eigenvalue weighted by atomic mass is 10.2. The van der Waals surface area contributed by atoms with Crippen LogP contribution in [0.4, 0.5) is 0 Å². The summed E-state index contributed by atoms with van der Waals surface area (Å²) in [5.74, 6) is -0.641. The van der Waals surface area contributed by atoms with Gasteiger partial charge in [-0.15, -0.1) is 0 Å². The number of nitrogens with two attached hydrogens (primary N) is 1. The SMILES string of the molecule is CC(=O)N(CCN)C(=O)c1ccncc1. The molecule has 5 nitrogen and oxygen atoms in total. The first-order valence-corrected chi connectivity index (χ1v) is 4.59. The highest BCUT2D eigenvalue weighted by Crippen LogP contribution is 2.03. The van der Waals surface area contributed by atoms with Crippen LogP contribution in [0, 0.1) is 0 Å². The van der Waals surface area contributed by atoms with Gasteiger partial charge in [0.1, 0.15) is 0 Å². The second-order valence-electron chi connectivity index (χ2n) is 3.00. The first-order chi connectivity index (χ1) is 7.16. The first-order valence-electron chi connectivity index (χ1n) is 4.59. The van der Waals surface area contributed by atoms with E-state index in [-0.39, 0.29) is 24.9 Å². The molecule has 0 atom stereocenters. The minimum Gasteiger partial charge on any atom is -0.329 e. The zero-order valence-electron chi connectivity index (χ0n) is 8.51. The standard InChI is InChI=1S/C10H13N3O2/c1-8(14)13(7-4-11)10(15)9-2-5-12-6-3-9/h2-3,5-6H,4,7,11H2,1H3. The summed E-state index contributed by atoms with van der Waals surface area (Å²) >= 11 is 0. The highest BCUT2D eigenvalue weighted by molar-refractivity contribution is 6.03. The quantitative estimate of drug-likeness (QED) is 0.758. The summed E-state index contributed by atoms with van der Waals surface area (Å²) in [4.78, 5) is 27.9. The van der Waals surface area contributed by atoms with Crippen LogP contribution in [0.1, 0.15) is 17.3 Å². The normalized spacial score (nSPS) is 9.73. The van der Waals surface area contributed by atoms with E-state index in [4.69, 9.17) is 5.73 Å². The summed E-state index contributed by atoms with van der Waals surface area (Å²) in [6.07, 6.45) is 3.02. The molecule has 1 aromatic heterocycles. The molecule has 0 aromatic carbocycles. The van der Waals surface area contributed by atoms with Gasteiger partial charge in [0.25, 0.3) is 5.91 Å². The van der Waals surface area contributed by atoms with Gasteiger partial charge in [-0.25, -0.2) is 0 Å². The lowest BCUT2D eigenvalue weighted by Crippen LogP contribution is -2.38. The molecular formula is C10H13N3O2. The summed E-state index contributed by atoms with van der Waals surface area (Å²) in [6.45, 7) is 1.83. The van der Waals surface area contributed by atoms with Crippen molar-refractivity contribution in [1.82, 2.24) is 9.88 Å². The summed E-state index contributed by atoms with van der Waals surface area (Å²) < 4.78 is 0. The van der Waals surface area contributed by atoms with E-state index in [9.17, 15) is 9.59 Å². The second-order valence-corrected chi connectivity index (χ2v) is 3.00. The third kappa shape index (κ3) is 2.85. The predicted octanol–water partition coefficient (Wildman–Crippen LogP) is 0.0290. The maximum atomic E-state index is 11.8. The molecule has 0 saturated carbocycles. The lowest BCUT2D eigenvalue weighted by molar-refractivity contribution is -0.126. The summed E-state index contributed by atoms with van der Waals surface area (Å²) in [6, 6.07) is 3.13. The number of carbonyl (C=O) groups excluding carboxylic acids is 2. The average molecular weight is 207 g/mol. The van der Waals surface area contributed by atoms with Crippen molar-refractivity contribution >= 4 is 11.8 Å². The molecule has 0 aliphatic carbocycles. The molecule has 0 radical (unpaired) electrons. The fraction of sp³-hybridized carbons (Fsp3) is 0.300.